The van der Waals surface area contributed by atoms with Gasteiger partial charge in [-0.1, -0.05) is 0 Å². The van der Waals surface area contributed by atoms with Crippen LogP contribution in [0.2, 0.25) is 0 Å². The number of rotatable bonds is 4. The topological polar surface area (TPSA) is 60.0 Å². The molecule has 0 aromatic heterocycles. The summed E-state index contributed by atoms with van der Waals surface area (Å²) in [4.78, 5) is 14.8. The average molecular weight is 357 g/mol. The van der Waals surface area contributed by atoms with Crippen molar-refractivity contribution in [3.63, 3.8) is 0 Å². The van der Waals surface area contributed by atoms with E-state index >= 15 is 0 Å². The number of hydrogen-bond donors (Lipinski definition) is 1. The van der Waals surface area contributed by atoms with Crippen LogP contribution in [0.1, 0.15) is 16.8 Å². The molecule has 1 amide bonds. The lowest BCUT2D eigenvalue weighted by molar-refractivity contribution is 0.0641. The van der Waals surface area contributed by atoms with E-state index in [1.807, 2.05) is 4.90 Å². The number of benzene rings is 1. The summed E-state index contributed by atoms with van der Waals surface area (Å²) in [6.45, 7) is 3.70. The Morgan fingerprint density at radius 2 is 1.71 bits per heavy atom. The van der Waals surface area contributed by atoms with Gasteiger partial charge in [-0.05, 0) is 43.5 Å². The maximum absolute atomic E-state index is 12.9. The predicted octanol–water partition coefficient (Wildman–Crippen LogP) is 1.82. The molecule has 2 aliphatic rings. The van der Waals surface area contributed by atoms with Crippen LogP contribution in [-0.2, 0) is 0 Å². The van der Waals surface area contributed by atoms with Crippen molar-refractivity contribution in [1.82, 2.24) is 10.2 Å². The van der Waals surface area contributed by atoms with Crippen LogP contribution in [0.25, 0.3) is 0 Å². The van der Waals surface area contributed by atoms with E-state index in [1.165, 1.54) is 0 Å². The Balaban J connectivity index is 0.00000208. The van der Waals surface area contributed by atoms with Gasteiger partial charge in [0.1, 0.15) is 0 Å². The fourth-order valence-electron chi connectivity index (χ4n) is 3.61. The fraction of sp³-hybridized carbons (Fsp3) is 0.588. The summed E-state index contributed by atoms with van der Waals surface area (Å²) in [7, 11) is 4.67. The third-order valence-corrected chi connectivity index (χ3v) is 4.90. The zero-order valence-corrected chi connectivity index (χ0v) is 15.1. The van der Waals surface area contributed by atoms with Crippen molar-refractivity contribution in [2.45, 2.75) is 6.42 Å². The van der Waals surface area contributed by atoms with Crippen LogP contribution < -0.4 is 19.5 Å². The molecular weight excluding hydrogens is 332 g/mol. The van der Waals surface area contributed by atoms with E-state index in [-0.39, 0.29) is 18.3 Å². The Bertz CT molecular complexity index is 571. The zero-order chi connectivity index (χ0) is 16.4. The molecule has 1 aromatic rings. The van der Waals surface area contributed by atoms with Gasteiger partial charge in [0.05, 0.1) is 21.3 Å². The molecule has 2 atom stereocenters. The summed E-state index contributed by atoms with van der Waals surface area (Å²) in [6.07, 6.45) is 1.06. The molecule has 2 fully saturated rings. The minimum absolute atomic E-state index is 0. The van der Waals surface area contributed by atoms with Crippen LogP contribution in [-0.4, -0.2) is 58.3 Å². The van der Waals surface area contributed by atoms with Crippen molar-refractivity contribution < 1.29 is 19.0 Å². The van der Waals surface area contributed by atoms with Crippen LogP contribution in [0.5, 0.6) is 17.2 Å². The van der Waals surface area contributed by atoms with E-state index in [0.717, 1.165) is 32.6 Å². The Labute approximate surface area is 148 Å². The van der Waals surface area contributed by atoms with Gasteiger partial charge in [0.2, 0.25) is 5.75 Å². The lowest BCUT2D eigenvalue weighted by atomic mass is 9.88. The second-order valence-electron chi connectivity index (χ2n) is 6.13. The lowest BCUT2D eigenvalue weighted by Gasteiger charge is -2.34. The smallest absolute Gasteiger partial charge is 0.254 e. The standard InChI is InChI=1S/C17H24N2O4.ClH/c1-21-14-6-12(7-15(22-2)16(14)23-3)17(20)19-5-4-11-8-18-9-13(11)10-19;/h6-7,11,13,18H,4-5,8-10H2,1-3H3;1H. The maximum Gasteiger partial charge on any atom is 0.254 e. The summed E-state index contributed by atoms with van der Waals surface area (Å²) in [5, 5.41) is 3.42. The number of piperidine rings is 1. The van der Waals surface area contributed by atoms with E-state index in [1.54, 1.807) is 33.5 Å². The van der Waals surface area contributed by atoms with E-state index in [2.05, 4.69) is 5.32 Å². The number of ether oxygens (including phenoxy) is 3. The van der Waals surface area contributed by atoms with Gasteiger partial charge in [0, 0.05) is 18.7 Å². The highest BCUT2D eigenvalue weighted by Crippen LogP contribution is 2.39. The molecule has 2 saturated heterocycles. The van der Waals surface area contributed by atoms with Crippen LogP contribution >= 0.6 is 12.4 Å². The third-order valence-electron chi connectivity index (χ3n) is 4.90. The number of halogens is 1. The molecule has 1 aromatic carbocycles. The molecule has 2 aliphatic heterocycles. The molecule has 0 spiro atoms. The van der Waals surface area contributed by atoms with Gasteiger partial charge >= 0.3 is 0 Å². The first kappa shape index (κ1) is 18.7. The molecule has 3 rings (SSSR count). The first-order valence-corrected chi connectivity index (χ1v) is 7.98. The number of likely N-dealkylation sites (tertiary alicyclic amines) is 1. The number of methoxy groups -OCH3 is 3. The predicted molar refractivity (Wildman–Crippen MR) is 93.7 cm³/mol. The van der Waals surface area contributed by atoms with Crippen molar-refractivity contribution >= 4 is 18.3 Å². The molecule has 134 valence electrons. The van der Waals surface area contributed by atoms with Crippen molar-refractivity contribution in [3.8, 4) is 17.2 Å². The fourth-order valence-corrected chi connectivity index (χ4v) is 3.61. The second kappa shape index (κ2) is 7.94. The number of hydrogen-bond acceptors (Lipinski definition) is 5. The highest BCUT2D eigenvalue weighted by molar-refractivity contribution is 5.95. The number of carbonyl (C=O) groups is 1. The summed E-state index contributed by atoms with van der Waals surface area (Å²) in [5.74, 6) is 2.81. The number of fused-ring (bicyclic) bond motifs is 1. The summed E-state index contributed by atoms with van der Waals surface area (Å²) < 4.78 is 16.0. The molecule has 1 N–H and O–H groups in total. The Morgan fingerprint density at radius 3 is 2.29 bits per heavy atom. The number of nitrogens with zero attached hydrogens (tertiary/aromatic N) is 1. The number of carbonyl (C=O) groups excluding carboxylic acids is 1. The van der Waals surface area contributed by atoms with E-state index in [0.29, 0.717) is 34.6 Å². The summed E-state index contributed by atoms with van der Waals surface area (Å²) in [5.41, 5.74) is 0.573. The van der Waals surface area contributed by atoms with Crippen molar-refractivity contribution in [1.29, 1.82) is 0 Å². The van der Waals surface area contributed by atoms with Crippen LogP contribution in [0.15, 0.2) is 12.1 Å². The Kier molecular flexibility index (Phi) is 6.18. The van der Waals surface area contributed by atoms with Crippen LogP contribution in [0.3, 0.4) is 0 Å². The van der Waals surface area contributed by atoms with Gasteiger partial charge in [-0.25, -0.2) is 0 Å². The van der Waals surface area contributed by atoms with Gasteiger partial charge in [-0.3, -0.25) is 4.79 Å². The normalized spacial score (nSPS) is 22.4. The quantitative estimate of drug-likeness (QED) is 0.891. The summed E-state index contributed by atoms with van der Waals surface area (Å²) in [6, 6.07) is 3.45. The highest BCUT2D eigenvalue weighted by atomic mass is 35.5. The van der Waals surface area contributed by atoms with E-state index in [4.69, 9.17) is 14.2 Å². The monoisotopic (exact) mass is 356 g/mol. The maximum atomic E-state index is 12.9. The van der Waals surface area contributed by atoms with Gasteiger partial charge in [0.15, 0.2) is 11.5 Å². The molecule has 24 heavy (non-hydrogen) atoms. The molecular formula is C17H25ClN2O4. The van der Waals surface area contributed by atoms with Gasteiger partial charge < -0.3 is 24.4 Å². The van der Waals surface area contributed by atoms with E-state index < -0.39 is 0 Å². The first-order chi connectivity index (χ1) is 11.2. The SMILES string of the molecule is COc1cc(C(=O)N2CCC3CNCC3C2)cc(OC)c1OC.Cl. The van der Waals surface area contributed by atoms with Gasteiger partial charge in [-0.15, -0.1) is 12.4 Å². The summed E-state index contributed by atoms with van der Waals surface area (Å²) >= 11 is 0. The molecule has 2 unspecified atom stereocenters. The van der Waals surface area contributed by atoms with Gasteiger partial charge in [0.25, 0.3) is 5.91 Å². The molecule has 7 heteroatoms. The second-order valence-corrected chi connectivity index (χ2v) is 6.13. The largest absolute Gasteiger partial charge is 0.493 e. The van der Waals surface area contributed by atoms with Gasteiger partial charge in [-0.2, -0.15) is 0 Å². The van der Waals surface area contributed by atoms with E-state index in [9.17, 15) is 4.79 Å². The zero-order valence-electron chi connectivity index (χ0n) is 14.3. The lowest BCUT2D eigenvalue weighted by Crippen LogP contribution is -2.43. The number of amides is 1. The molecule has 0 radical (unpaired) electrons. The Hall–Kier alpha value is -1.66. The van der Waals surface area contributed by atoms with Crippen molar-refractivity contribution in [2.75, 3.05) is 47.5 Å². The highest BCUT2D eigenvalue weighted by Gasteiger charge is 2.35. The molecule has 0 aliphatic carbocycles. The average Bonchev–Trinajstić information content (AvgIpc) is 3.07. The first-order valence-electron chi connectivity index (χ1n) is 7.98. The molecule has 0 bridgehead atoms. The number of nitrogens with one attached hydrogen (secondary N) is 1. The molecule has 0 saturated carbocycles. The Morgan fingerprint density at radius 1 is 1.08 bits per heavy atom. The minimum atomic E-state index is 0. The van der Waals surface area contributed by atoms with Crippen LogP contribution in [0.4, 0.5) is 0 Å². The van der Waals surface area contributed by atoms with Crippen molar-refractivity contribution in [2.24, 2.45) is 11.8 Å². The minimum Gasteiger partial charge on any atom is -0.493 e. The van der Waals surface area contributed by atoms with Crippen LogP contribution in [0, 0.1) is 11.8 Å². The third kappa shape index (κ3) is 3.39. The van der Waals surface area contributed by atoms with Crippen molar-refractivity contribution in [3.05, 3.63) is 17.7 Å². The molecule has 6 nitrogen and oxygen atoms in total. The molecule has 2 heterocycles.